The van der Waals surface area contributed by atoms with Gasteiger partial charge in [-0.3, -0.25) is 4.79 Å². The van der Waals surface area contributed by atoms with Crippen molar-refractivity contribution in [1.29, 1.82) is 0 Å². The van der Waals surface area contributed by atoms with Gasteiger partial charge in [0.05, 0.1) is 12.1 Å². The fourth-order valence-corrected chi connectivity index (χ4v) is 4.24. The van der Waals surface area contributed by atoms with Gasteiger partial charge in [-0.1, -0.05) is 12.8 Å². The number of hydrogen-bond acceptors (Lipinski definition) is 4. The molecule has 21 heavy (non-hydrogen) atoms. The Kier molecular flexibility index (Phi) is 4.91. The van der Waals surface area contributed by atoms with E-state index < -0.39 is 0 Å². The van der Waals surface area contributed by atoms with E-state index in [4.69, 9.17) is 4.74 Å². The molecule has 0 bridgehead atoms. The minimum absolute atomic E-state index is 0.141. The van der Waals surface area contributed by atoms with Crippen LogP contribution in [0.25, 0.3) is 0 Å². The lowest BCUT2D eigenvalue weighted by Gasteiger charge is -2.36. The van der Waals surface area contributed by atoms with Crippen molar-refractivity contribution in [3.63, 3.8) is 0 Å². The molecule has 0 aromatic carbocycles. The van der Waals surface area contributed by atoms with Gasteiger partial charge in [0.15, 0.2) is 0 Å². The molecule has 3 rings (SSSR count). The predicted octanol–water partition coefficient (Wildman–Crippen LogP) is 3.54. The number of hydrogen-bond donors (Lipinski definition) is 0. The molecule has 1 saturated carbocycles. The Morgan fingerprint density at radius 3 is 2.81 bits per heavy atom. The summed E-state index contributed by atoms with van der Waals surface area (Å²) in [6.45, 7) is 2.75. The summed E-state index contributed by atoms with van der Waals surface area (Å²) in [6, 6.07) is 0.154. The third-order valence-electron chi connectivity index (χ3n) is 4.57. The number of rotatable bonds is 4. The molecule has 1 aromatic heterocycles. The zero-order valence-electron chi connectivity index (χ0n) is 12.7. The number of piperidine rings is 1. The van der Waals surface area contributed by atoms with Crippen LogP contribution in [-0.4, -0.2) is 34.5 Å². The molecule has 1 aliphatic heterocycles. The average molecular weight is 308 g/mol. The van der Waals surface area contributed by atoms with Gasteiger partial charge >= 0.3 is 0 Å². The monoisotopic (exact) mass is 308 g/mol. The first-order valence-corrected chi connectivity index (χ1v) is 8.99. The molecular formula is C16H24N2O2S. The largest absolute Gasteiger partial charge is 0.365 e. The van der Waals surface area contributed by atoms with E-state index in [9.17, 15) is 4.79 Å². The van der Waals surface area contributed by atoms with Crippen molar-refractivity contribution in [3.05, 3.63) is 16.6 Å². The van der Waals surface area contributed by atoms with Crippen LogP contribution in [0.4, 0.5) is 0 Å². The molecule has 1 saturated heterocycles. The second kappa shape index (κ2) is 6.88. The molecule has 1 amide bonds. The van der Waals surface area contributed by atoms with Crippen molar-refractivity contribution in [3.8, 4) is 0 Å². The highest BCUT2D eigenvalue weighted by molar-refractivity contribution is 7.09. The van der Waals surface area contributed by atoms with Crippen molar-refractivity contribution >= 4 is 17.2 Å². The Balaban J connectivity index is 1.65. The molecule has 1 aliphatic carbocycles. The maximum atomic E-state index is 12.8. The van der Waals surface area contributed by atoms with Gasteiger partial charge in [0.2, 0.25) is 0 Å². The molecule has 5 heteroatoms. The number of aromatic nitrogens is 1. The zero-order chi connectivity index (χ0) is 14.7. The molecule has 0 radical (unpaired) electrons. The zero-order valence-corrected chi connectivity index (χ0v) is 13.5. The van der Waals surface area contributed by atoms with Crippen molar-refractivity contribution in [1.82, 2.24) is 9.88 Å². The van der Waals surface area contributed by atoms with Gasteiger partial charge in [-0.2, -0.15) is 0 Å². The molecule has 2 atom stereocenters. The lowest BCUT2D eigenvalue weighted by molar-refractivity contribution is -0.150. The third kappa shape index (κ3) is 3.46. The summed E-state index contributed by atoms with van der Waals surface area (Å²) in [6.07, 6.45) is 9.75. The van der Waals surface area contributed by atoms with Gasteiger partial charge in [-0.15, -0.1) is 11.3 Å². The summed E-state index contributed by atoms with van der Waals surface area (Å²) < 4.78 is 5.98. The van der Waals surface area contributed by atoms with Gasteiger partial charge in [-0.25, -0.2) is 4.98 Å². The van der Waals surface area contributed by atoms with E-state index in [-0.39, 0.29) is 24.2 Å². The normalized spacial score (nSPS) is 25.2. The molecule has 0 spiro atoms. The molecule has 116 valence electrons. The lowest BCUT2D eigenvalue weighted by Crippen LogP contribution is -2.44. The van der Waals surface area contributed by atoms with Crippen molar-refractivity contribution in [2.24, 2.45) is 0 Å². The van der Waals surface area contributed by atoms with Crippen molar-refractivity contribution in [2.45, 2.75) is 70.1 Å². The van der Waals surface area contributed by atoms with Crippen LogP contribution in [0.15, 0.2) is 11.6 Å². The van der Waals surface area contributed by atoms with Gasteiger partial charge in [0.1, 0.15) is 11.1 Å². The topological polar surface area (TPSA) is 42.4 Å². The highest BCUT2D eigenvalue weighted by Crippen LogP contribution is 2.33. The van der Waals surface area contributed by atoms with E-state index in [0.717, 1.165) is 37.2 Å². The summed E-state index contributed by atoms with van der Waals surface area (Å²) in [4.78, 5) is 19.2. The first-order valence-electron chi connectivity index (χ1n) is 8.11. The molecule has 2 aliphatic rings. The van der Waals surface area contributed by atoms with E-state index in [1.165, 1.54) is 19.3 Å². The highest BCUT2D eigenvalue weighted by Gasteiger charge is 2.33. The summed E-state index contributed by atoms with van der Waals surface area (Å²) >= 11 is 1.65. The van der Waals surface area contributed by atoms with Crippen LogP contribution in [0.3, 0.4) is 0 Å². The Labute approximate surface area is 130 Å². The number of nitrogens with zero attached hydrogens (tertiary/aromatic N) is 2. The second-order valence-corrected chi connectivity index (χ2v) is 7.02. The number of amides is 1. The molecule has 0 unspecified atom stereocenters. The molecule has 0 N–H and O–H groups in total. The van der Waals surface area contributed by atoms with Crippen LogP contribution in [-0.2, 0) is 9.53 Å². The van der Waals surface area contributed by atoms with Gasteiger partial charge < -0.3 is 9.64 Å². The van der Waals surface area contributed by atoms with Crippen LogP contribution in [0.5, 0.6) is 0 Å². The van der Waals surface area contributed by atoms with Crippen LogP contribution >= 0.6 is 11.3 Å². The van der Waals surface area contributed by atoms with Crippen molar-refractivity contribution < 1.29 is 9.53 Å². The Hall–Kier alpha value is -0.940. The third-order valence-corrected chi connectivity index (χ3v) is 5.45. The number of carbonyl (C=O) groups is 1. The van der Waals surface area contributed by atoms with E-state index >= 15 is 0 Å². The maximum absolute atomic E-state index is 12.8. The van der Waals surface area contributed by atoms with Crippen LogP contribution < -0.4 is 0 Å². The van der Waals surface area contributed by atoms with E-state index in [1.54, 1.807) is 11.3 Å². The summed E-state index contributed by atoms with van der Waals surface area (Å²) in [5, 5.41) is 3.06. The number of thiazole rings is 1. The first-order chi connectivity index (χ1) is 10.3. The predicted molar refractivity (Wildman–Crippen MR) is 83.2 cm³/mol. The van der Waals surface area contributed by atoms with Crippen LogP contribution in [0.2, 0.25) is 0 Å². The lowest BCUT2D eigenvalue weighted by atomic mass is 10.0. The number of ether oxygens (including phenoxy) is 1. The van der Waals surface area contributed by atoms with E-state index in [0.29, 0.717) is 0 Å². The summed E-state index contributed by atoms with van der Waals surface area (Å²) in [7, 11) is 0. The van der Waals surface area contributed by atoms with Gasteiger partial charge in [0.25, 0.3) is 5.91 Å². The van der Waals surface area contributed by atoms with E-state index in [1.807, 2.05) is 23.4 Å². The number of carbonyl (C=O) groups excluding carboxylic acids is 1. The fourth-order valence-electron chi connectivity index (χ4n) is 3.46. The fraction of sp³-hybridized carbons (Fsp3) is 0.750. The van der Waals surface area contributed by atoms with Crippen LogP contribution in [0, 0.1) is 0 Å². The van der Waals surface area contributed by atoms with Gasteiger partial charge in [0, 0.05) is 18.1 Å². The average Bonchev–Trinajstić information content (AvgIpc) is 3.19. The Morgan fingerprint density at radius 2 is 2.10 bits per heavy atom. The quantitative estimate of drug-likeness (QED) is 0.854. The molecule has 2 fully saturated rings. The first kappa shape index (κ1) is 15.0. The van der Waals surface area contributed by atoms with E-state index in [2.05, 4.69) is 4.98 Å². The minimum atomic E-state index is -0.325. The highest BCUT2D eigenvalue weighted by atomic mass is 32.1. The standard InChI is InChI=1S/C16H24N2O2S/c1-12(20-13-6-2-3-7-13)16(19)18-10-5-4-8-14(18)15-17-9-11-21-15/h9,11-14H,2-8,10H2,1H3/t12-,14-/m1/s1. The molecular weight excluding hydrogens is 284 g/mol. The molecule has 4 nitrogen and oxygen atoms in total. The maximum Gasteiger partial charge on any atom is 0.252 e. The summed E-state index contributed by atoms with van der Waals surface area (Å²) in [5.74, 6) is 0.141. The van der Waals surface area contributed by atoms with Gasteiger partial charge in [-0.05, 0) is 39.0 Å². The molecule has 2 heterocycles. The molecule has 1 aromatic rings. The smallest absolute Gasteiger partial charge is 0.252 e. The minimum Gasteiger partial charge on any atom is -0.365 e. The Morgan fingerprint density at radius 1 is 1.33 bits per heavy atom. The van der Waals surface area contributed by atoms with Crippen LogP contribution in [0.1, 0.15) is 62.9 Å². The number of likely N-dealkylation sites (tertiary alicyclic amines) is 1. The SMILES string of the molecule is C[C@@H](OC1CCCC1)C(=O)N1CCCC[C@@H]1c1nccs1. The Bertz CT molecular complexity index is 457. The second-order valence-electron chi connectivity index (χ2n) is 6.10. The van der Waals surface area contributed by atoms with Crippen molar-refractivity contribution in [2.75, 3.05) is 6.54 Å². The summed E-state index contributed by atoms with van der Waals surface area (Å²) in [5.41, 5.74) is 0.